The molecule has 4 aromatic rings. The number of fused-ring (bicyclic) bond motifs is 2. The molecule has 6 rings (SSSR count). The van der Waals surface area contributed by atoms with Crippen LogP contribution in [0, 0.1) is 12.3 Å². The SMILES string of the molecule is Cc1nsc(NC(=O)C(C)(C)[C@H]2c3ccccc3Oc3nc(-c4ccc(C(=O)N5CCOCC5)cc4)ccc32)n1. The van der Waals surface area contributed by atoms with Crippen molar-refractivity contribution in [1.29, 1.82) is 0 Å². The molecule has 0 saturated carbocycles. The lowest BCUT2D eigenvalue weighted by molar-refractivity contribution is -0.124. The van der Waals surface area contributed by atoms with E-state index in [1.807, 2.05) is 79.4 Å². The number of carbonyl (C=O) groups excluding carboxylic acids is 2. The van der Waals surface area contributed by atoms with Crippen LogP contribution in [0.2, 0.25) is 0 Å². The van der Waals surface area contributed by atoms with Crippen molar-refractivity contribution in [3.63, 3.8) is 0 Å². The van der Waals surface area contributed by atoms with Crippen LogP contribution >= 0.6 is 11.5 Å². The van der Waals surface area contributed by atoms with E-state index in [1.165, 1.54) is 0 Å². The lowest BCUT2D eigenvalue weighted by atomic mass is 9.69. The molecule has 4 heterocycles. The number of morpholine rings is 1. The van der Waals surface area contributed by atoms with Crippen LogP contribution < -0.4 is 10.1 Å². The smallest absolute Gasteiger partial charge is 0.254 e. The number of ether oxygens (including phenoxy) is 2. The number of para-hydroxylation sites is 1. The summed E-state index contributed by atoms with van der Waals surface area (Å²) in [5.41, 5.74) is 3.10. The average Bonchev–Trinajstić information content (AvgIpc) is 3.39. The van der Waals surface area contributed by atoms with E-state index < -0.39 is 5.41 Å². The van der Waals surface area contributed by atoms with Crippen LogP contribution in [0.4, 0.5) is 5.13 Å². The maximum atomic E-state index is 13.6. The number of benzene rings is 2. The number of hydrogen-bond donors (Lipinski definition) is 1. The minimum Gasteiger partial charge on any atom is -0.438 e. The molecule has 204 valence electrons. The van der Waals surface area contributed by atoms with Gasteiger partial charge in [0.15, 0.2) is 0 Å². The molecular weight excluding hydrogens is 526 g/mol. The van der Waals surface area contributed by atoms with Gasteiger partial charge < -0.3 is 19.7 Å². The van der Waals surface area contributed by atoms with Crippen LogP contribution in [0.5, 0.6) is 11.6 Å². The van der Waals surface area contributed by atoms with E-state index in [4.69, 9.17) is 14.5 Å². The van der Waals surface area contributed by atoms with E-state index in [0.717, 1.165) is 28.2 Å². The number of nitrogens with one attached hydrogen (secondary N) is 1. The first-order chi connectivity index (χ1) is 19.3. The molecule has 2 aromatic heterocycles. The lowest BCUT2D eigenvalue weighted by Gasteiger charge is -2.37. The van der Waals surface area contributed by atoms with Gasteiger partial charge >= 0.3 is 0 Å². The summed E-state index contributed by atoms with van der Waals surface area (Å²) in [5, 5.41) is 3.42. The molecule has 0 radical (unpaired) electrons. The highest BCUT2D eigenvalue weighted by atomic mass is 32.1. The second kappa shape index (κ2) is 10.4. The standard InChI is InChI=1S/C30H29N5O4S/c1-18-31-29(40-34-18)33-28(37)30(2,3)25-21-6-4-5-7-24(21)39-26-22(25)12-13-23(32-26)19-8-10-20(11-9-19)27(36)35-14-16-38-17-15-35/h4-13,25H,14-17H2,1-3H3,(H,31,33,34,37)/t25-/m0/s1. The molecule has 0 bridgehead atoms. The van der Waals surface area contributed by atoms with Gasteiger partial charge in [-0.25, -0.2) is 9.97 Å². The number of aryl methyl sites for hydroxylation is 1. The number of anilines is 1. The summed E-state index contributed by atoms with van der Waals surface area (Å²) in [6, 6.07) is 19.1. The molecule has 1 saturated heterocycles. The van der Waals surface area contributed by atoms with Gasteiger partial charge in [-0.3, -0.25) is 9.59 Å². The van der Waals surface area contributed by atoms with Crippen molar-refractivity contribution in [3.05, 3.63) is 83.2 Å². The number of aromatic nitrogens is 3. The molecule has 10 heteroatoms. The highest BCUT2D eigenvalue weighted by Crippen LogP contribution is 2.52. The Morgan fingerprint density at radius 1 is 0.975 bits per heavy atom. The van der Waals surface area contributed by atoms with Crippen LogP contribution in [0.15, 0.2) is 60.7 Å². The molecule has 1 N–H and O–H groups in total. The zero-order valence-electron chi connectivity index (χ0n) is 22.5. The highest BCUT2D eigenvalue weighted by Gasteiger charge is 2.44. The molecule has 2 aliphatic rings. The first-order valence-electron chi connectivity index (χ1n) is 13.2. The van der Waals surface area contributed by atoms with E-state index >= 15 is 0 Å². The Morgan fingerprint density at radius 2 is 1.73 bits per heavy atom. The maximum absolute atomic E-state index is 13.6. The summed E-state index contributed by atoms with van der Waals surface area (Å²) in [7, 11) is 0. The zero-order valence-corrected chi connectivity index (χ0v) is 23.3. The van der Waals surface area contributed by atoms with Gasteiger partial charge in [-0.05, 0) is 31.2 Å². The van der Waals surface area contributed by atoms with Crippen molar-refractivity contribution in [2.45, 2.75) is 26.7 Å². The maximum Gasteiger partial charge on any atom is 0.254 e. The number of carbonyl (C=O) groups is 2. The van der Waals surface area contributed by atoms with Gasteiger partial charge in [-0.1, -0.05) is 50.2 Å². The summed E-state index contributed by atoms with van der Waals surface area (Å²) in [5.74, 6) is 1.28. The number of pyridine rings is 1. The molecule has 0 spiro atoms. The van der Waals surface area contributed by atoms with Crippen LogP contribution in [-0.2, 0) is 9.53 Å². The molecule has 40 heavy (non-hydrogen) atoms. The third kappa shape index (κ3) is 4.84. The summed E-state index contributed by atoms with van der Waals surface area (Å²) in [6.45, 7) is 7.96. The van der Waals surface area contributed by atoms with Gasteiger partial charge in [0, 0.05) is 52.8 Å². The predicted octanol–water partition coefficient (Wildman–Crippen LogP) is 5.28. The highest BCUT2D eigenvalue weighted by molar-refractivity contribution is 7.09. The molecule has 2 aromatic carbocycles. The average molecular weight is 556 g/mol. The topological polar surface area (TPSA) is 107 Å². The second-order valence-corrected chi connectivity index (χ2v) is 11.2. The summed E-state index contributed by atoms with van der Waals surface area (Å²) >= 11 is 1.16. The Bertz CT molecular complexity index is 1580. The van der Waals surface area contributed by atoms with E-state index in [1.54, 1.807) is 6.92 Å². The summed E-state index contributed by atoms with van der Waals surface area (Å²) in [4.78, 5) is 37.4. The Kier molecular flexibility index (Phi) is 6.81. The quantitative estimate of drug-likeness (QED) is 0.357. The Labute approximate surface area is 236 Å². The van der Waals surface area contributed by atoms with Gasteiger partial charge in [0.2, 0.25) is 16.9 Å². The van der Waals surface area contributed by atoms with Gasteiger partial charge in [0.05, 0.1) is 24.3 Å². The van der Waals surface area contributed by atoms with Gasteiger partial charge in [0.1, 0.15) is 11.6 Å². The molecule has 2 amide bonds. The largest absolute Gasteiger partial charge is 0.438 e. The first-order valence-corrected chi connectivity index (χ1v) is 14.0. The summed E-state index contributed by atoms with van der Waals surface area (Å²) < 4.78 is 15.8. The molecule has 1 fully saturated rings. The Balaban J connectivity index is 1.31. The van der Waals surface area contributed by atoms with Crippen molar-refractivity contribution >= 4 is 28.5 Å². The van der Waals surface area contributed by atoms with Crippen LogP contribution in [0.25, 0.3) is 11.3 Å². The van der Waals surface area contributed by atoms with E-state index in [0.29, 0.717) is 60.1 Å². The minimum atomic E-state index is -0.862. The van der Waals surface area contributed by atoms with Crippen molar-refractivity contribution in [2.24, 2.45) is 5.41 Å². The number of hydrogen-bond acceptors (Lipinski definition) is 8. The fourth-order valence-corrected chi connectivity index (χ4v) is 5.82. The van der Waals surface area contributed by atoms with Gasteiger partial charge in [-0.15, -0.1) is 0 Å². The van der Waals surface area contributed by atoms with Crippen molar-refractivity contribution in [3.8, 4) is 22.9 Å². The van der Waals surface area contributed by atoms with E-state index in [2.05, 4.69) is 14.7 Å². The third-order valence-corrected chi connectivity index (χ3v) is 8.14. The fourth-order valence-electron chi connectivity index (χ4n) is 5.24. The molecule has 0 aliphatic carbocycles. The first kappa shape index (κ1) is 26.1. The minimum absolute atomic E-state index is 0.000213. The molecule has 0 unspecified atom stereocenters. The summed E-state index contributed by atoms with van der Waals surface area (Å²) in [6.07, 6.45) is 0. The van der Waals surface area contributed by atoms with Crippen LogP contribution in [0.3, 0.4) is 0 Å². The van der Waals surface area contributed by atoms with Crippen molar-refractivity contribution in [2.75, 3.05) is 31.6 Å². The number of rotatable bonds is 5. The van der Waals surface area contributed by atoms with E-state index in [9.17, 15) is 9.59 Å². The molecule has 1 atom stereocenters. The van der Waals surface area contributed by atoms with Gasteiger partial charge in [-0.2, -0.15) is 4.37 Å². The van der Waals surface area contributed by atoms with Crippen molar-refractivity contribution in [1.82, 2.24) is 19.2 Å². The zero-order chi connectivity index (χ0) is 27.9. The van der Waals surface area contributed by atoms with E-state index in [-0.39, 0.29) is 17.7 Å². The third-order valence-electron chi connectivity index (χ3n) is 7.42. The van der Waals surface area contributed by atoms with Crippen LogP contribution in [0.1, 0.15) is 47.1 Å². The molecular formula is C30H29N5O4S. The second-order valence-electron chi connectivity index (χ2n) is 10.5. The predicted molar refractivity (Wildman–Crippen MR) is 152 cm³/mol. The Morgan fingerprint density at radius 3 is 2.45 bits per heavy atom. The Hall–Kier alpha value is -4.15. The lowest BCUT2D eigenvalue weighted by Crippen LogP contribution is -2.40. The van der Waals surface area contributed by atoms with Gasteiger partial charge in [0.25, 0.3) is 5.91 Å². The normalized spacial score (nSPS) is 16.5. The molecule has 9 nitrogen and oxygen atoms in total. The van der Waals surface area contributed by atoms with Crippen molar-refractivity contribution < 1.29 is 19.1 Å². The number of nitrogens with zero attached hydrogens (tertiary/aromatic N) is 4. The molecule has 2 aliphatic heterocycles. The van der Waals surface area contributed by atoms with Crippen LogP contribution in [-0.4, -0.2) is 57.4 Å². The fraction of sp³-hybridized carbons (Fsp3) is 0.300. The number of amides is 2. The monoisotopic (exact) mass is 555 g/mol.